The summed E-state index contributed by atoms with van der Waals surface area (Å²) < 4.78 is 27.2. The second kappa shape index (κ2) is 6.95. The Kier molecular flexibility index (Phi) is 6.14. The first-order valence-electron chi connectivity index (χ1n) is 5.93. The molecule has 3 N–H and O–H groups in total. The molecule has 19 heavy (non-hydrogen) atoms. The quantitative estimate of drug-likeness (QED) is 0.784. The summed E-state index contributed by atoms with van der Waals surface area (Å²) in [6.07, 6.45) is 4.05. The van der Waals surface area contributed by atoms with E-state index >= 15 is 0 Å². The lowest BCUT2D eigenvalue weighted by Gasteiger charge is -2.16. The third-order valence-corrected chi connectivity index (χ3v) is 5.32. The molecule has 0 bridgehead atoms. The van der Waals surface area contributed by atoms with E-state index < -0.39 is 10.0 Å². The Bertz CT molecular complexity index is 518. The van der Waals surface area contributed by atoms with Gasteiger partial charge in [-0.1, -0.05) is 6.07 Å². The molecule has 4 nitrogen and oxygen atoms in total. The van der Waals surface area contributed by atoms with Crippen LogP contribution >= 0.6 is 24.2 Å². The van der Waals surface area contributed by atoms with Crippen molar-refractivity contribution in [1.82, 2.24) is 4.72 Å². The van der Waals surface area contributed by atoms with Crippen LogP contribution in [-0.4, -0.2) is 27.3 Å². The molecule has 1 unspecified atom stereocenters. The number of thioether (sulfide) groups is 1. The third kappa shape index (κ3) is 4.36. The SMILES string of the molecule is CSc1cccc(S(=O)(=O)NC(CN)C2CC2)c1.Cl. The van der Waals surface area contributed by atoms with Gasteiger partial charge >= 0.3 is 0 Å². The Balaban J connectivity index is 0.00000180. The van der Waals surface area contributed by atoms with Gasteiger partial charge in [0.05, 0.1) is 4.90 Å². The van der Waals surface area contributed by atoms with Crippen LogP contribution in [0.1, 0.15) is 12.8 Å². The van der Waals surface area contributed by atoms with Crippen LogP contribution in [0.3, 0.4) is 0 Å². The van der Waals surface area contributed by atoms with Gasteiger partial charge in [-0.3, -0.25) is 0 Å². The minimum Gasteiger partial charge on any atom is -0.329 e. The van der Waals surface area contributed by atoms with Crippen LogP contribution in [0.15, 0.2) is 34.1 Å². The van der Waals surface area contributed by atoms with Gasteiger partial charge in [-0.25, -0.2) is 13.1 Å². The topological polar surface area (TPSA) is 72.2 Å². The maximum absolute atomic E-state index is 12.2. The zero-order valence-electron chi connectivity index (χ0n) is 10.7. The molecule has 0 saturated heterocycles. The molecule has 0 heterocycles. The van der Waals surface area contributed by atoms with Crippen LogP contribution in [0.25, 0.3) is 0 Å². The molecular formula is C12H19ClN2O2S2. The number of sulfonamides is 1. The summed E-state index contributed by atoms with van der Waals surface area (Å²) in [5.41, 5.74) is 5.62. The molecule has 1 fully saturated rings. The number of rotatable bonds is 6. The van der Waals surface area contributed by atoms with E-state index in [1.165, 1.54) is 11.8 Å². The molecule has 2 rings (SSSR count). The van der Waals surface area contributed by atoms with E-state index in [4.69, 9.17) is 5.73 Å². The minimum absolute atomic E-state index is 0. The van der Waals surface area contributed by atoms with Crippen molar-refractivity contribution in [2.45, 2.75) is 28.7 Å². The van der Waals surface area contributed by atoms with Crippen molar-refractivity contribution in [3.05, 3.63) is 24.3 Å². The zero-order valence-corrected chi connectivity index (χ0v) is 13.2. The van der Waals surface area contributed by atoms with E-state index in [1.54, 1.807) is 18.2 Å². The number of nitrogens with one attached hydrogen (secondary N) is 1. The minimum atomic E-state index is -3.45. The summed E-state index contributed by atoms with van der Waals surface area (Å²) in [6.45, 7) is 0.353. The van der Waals surface area contributed by atoms with Crippen molar-refractivity contribution in [2.75, 3.05) is 12.8 Å². The molecule has 1 aliphatic carbocycles. The summed E-state index contributed by atoms with van der Waals surface area (Å²) in [5.74, 6) is 0.411. The smallest absolute Gasteiger partial charge is 0.240 e. The highest BCUT2D eigenvalue weighted by molar-refractivity contribution is 7.98. The lowest BCUT2D eigenvalue weighted by Crippen LogP contribution is -2.41. The van der Waals surface area contributed by atoms with Gasteiger partial charge in [0.25, 0.3) is 0 Å². The van der Waals surface area contributed by atoms with Gasteiger partial charge in [0.15, 0.2) is 0 Å². The molecule has 1 saturated carbocycles. The van der Waals surface area contributed by atoms with E-state index in [0.29, 0.717) is 17.4 Å². The first-order valence-corrected chi connectivity index (χ1v) is 8.64. The molecule has 1 aliphatic rings. The number of hydrogen-bond acceptors (Lipinski definition) is 4. The van der Waals surface area contributed by atoms with Crippen LogP contribution < -0.4 is 10.5 Å². The molecule has 0 amide bonds. The fourth-order valence-corrected chi connectivity index (χ4v) is 3.77. The average molecular weight is 323 g/mol. The number of nitrogens with two attached hydrogens (primary N) is 1. The molecule has 0 aliphatic heterocycles. The monoisotopic (exact) mass is 322 g/mol. The van der Waals surface area contributed by atoms with Gasteiger partial charge in [-0.05, 0) is 43.2 Å². The van der Waals surface area contributed by atoms with Gasteiger partial charge in [0.1, 0.15) is 0 Å². The largest absolute Gasteiger partial charge is 0.329 e. The van der Waals surface area contributed by atoms with Crippen molar-refractivity contribution in [3.8, 4) is 0 Å². The normalized spacial score (nSPS) is 16.7. The van der Waals surface area contributed by atoms with Crippen molar-refractivity contribution in [2.24, 2.45) is 11.7 Å². The first kappa shape index (κ1) is 16.8. The highest BCUT2D eigenvalue weighted by Gasteiger charge is 2.33. The molecule has 0 spiro atoms. The van der Waals surface area contributed by atoms with E-state index in [1.807, 2.05) is 12.3 Å². The second-order valence-electron chi connectivity index (χ2n) is 4.48. The summed E-state index contributed by atoms with van der Waals surface area (Å²) in [7, 11) is -3.45. The van der Waals surface area contributed by atoms with E-state index in [9.17, 15) is 8.42 Å². The van der Waals surface area contributed by atoms with Crippen LogP contribution in [0.2, 0.25) is 0 Å². The first-order chi connectivity index (χ1) is 8.56. The van der Waals surface area contributed by atoms with Crippen molar-refractivity contribution in [3.63, 3.8) is 0 Å². The fraction of sp³-hybridized carbons (Fsp3) is 0.500. The van der Waals surface area contributed by atoms with Gasteiger partial charge in [-0.2, -0.15) is 0 Å². The van der Waals surface area contributed by atoms with Crippen LogP contribution in [0, 0.1) is 5.92 Å². The van der Waals surface area contributed by atoms with Gasteiger partial charge in [0.2, 0.25) is 10.0 Å². The van der Waals surface area contributed by atoms with Crippen molar-refractivity contribution in [1.29, 1.82) is 0 Å². The van der Waals surface area contributed by atoms with E-state index in [-0.39, 0.29) is 18.4 Å². The maximum atomic E-state index is 12.2. The maximum Gasteiger partial charge on any atom is 0.240 e. The fourth-order valence-electron chi connectivity index (χ4n) is 1.87. The average Bonchev–Trinajstić information content (AvgIpc) is 3.20. The predicted molar refractivity (Wildman–Crippen MR) is 81.4 cm³/mol. The van der Waals surface area contributed by atoms with Gasteiger partial charge in [-0.15, -0.1) is 24.2 Å². The van der Waals surface area contributed by atoms with Crippen LogP contribution in [0.5, 0.6) is 0 Å². The predicted octanol–water partition coefficient (Wildman–Crippen LogP) is 1.85. The highest BCUT2D eigenvalue weighted by atomic mass is 35.5. The highest BCUT2D eigenvalue weighted by Crippen LogP contribution is 2.33. The summed E-state index contributed by atoms with van der Waals surface area (Å²) in [5, 5.41) is 0. The third-order valence-electron chi connectivity index (χ3n) is 3.10. The molecule has 0 aromatic heterocycles. The molecule has 108 valence electrons. The summed E-state index contributed by atoms with van der Waals surface area (Å²) in [4.78, 5) is 1.25. The summed E-state index contributed by atoms with van der Waals surface area (Å²) in [6, 6.07) is 6.82. The summed E-state index contributed by atoms with van der Waals surface area (Å²) >= 11 is 1.53. The van der Waals surface area contributed by atoms with Gasteiger partial charge < -0.3 is 5.73 Å². The Morgan fingerprint density at radius 3 is 2.68 bits per heavy atom. The lowest BCUT2D eigenvalue weighted by molar-refractivity contribution is 0.519. The van der Waals surface area contributed by atoms with E-state index in [2.05, 4.69) is 4.72 Å². The number of halogens is 1. The molecule has 1 aromatic rings. The number of hydrogen-bond donors (Lipinski definition) is 2. The Hall–Kier alpha value is -0.270. The Morgan fingerprint density at radius 1 is 1.47 bits per heavy atom. The van der Waals surface area contributed by atoms with E-state index in [0.717, 1.165) is 17.7 Å². The van der Waals surface area contributed by atoms with Crippen LogP contribution in [0.4, 0.5) is 0 Å². The molecule has 7 heteroatoms. The van der Waals surface area contributed by atoms with Crippen molar-refractivity contribution < 1.29 is 8.42 Å². The molecule has 0 radical (unpaired) electrons. The molecular weight excluding hydrogens is 304 g/mol. The number of benzene rings is 1. The van der Waals surface area contributed by atoms with Crippen LogP contribution in [-0.2, 0) is 10.0 Å². The molecule has 1 aromatic carbocycles. The van der Waals surface area contributed by atoms with Gasteiger partial charge in [0, 0.05) is 17.5 Å². The zero-order chi connectivity index (χ0) is 13.2. The lowest BCUT2D eigenvalue weighted by atomic mass is 10.2. The Labute approximate surface area is 125 Å². The second-order valence-corrected chi connectivity index (χ2v) is 7.07. The standard InChI is InChI=1S/C12H18N2O2S2.ClH/c1-17-10-3-2-4-11(7-10)18(15,16)14-12(8-13)9-5-6-9;/h2-4,7,9,12,14H,5-6,8,13H2,1H3;1H. The van der Waals surface area contributed by atoms with Crippen molar-refractivity contribution >= 4 is 34.2 Å². The molecule has 1 atom stereocenters. The Morgan fingerprint density at radius 2 is 2.16 bits per heavy atom.